The van der Waals surface area contributed by atoms with Crippen LogP contribution in [0, 0.1) is 0 Å². The summed E-state index contributed by atoms with van der Waals surface area (Å²) in [4.78, 5) is 0. The smallest absolute Gasteiger partial charge is 0.0716 e. The van der Waals surface area contributed by atoms with Crippen molar-refractivity contribution in [1.82, 2.24) is 5.32 Å². The quantitative estimate of drug-likeness (QED) is 0.854. The minimum atomic E-state index is 0.254. The molecule has 2 nitrogen and oxygen atoms in total. The van der Waals surface area contributed by atoms with Crippen molar-refractivity contribution in [2.24, 2.45) is 0 Å². The molecule has 0 aliphatic rings. The van der Waals surface area contributed by atoms with Crippen LogP contribution in [0.5, 0.6) is 0 Å². The fourth-order valence-electron chi connectivity index (χ4n) is 2.18. The third kappa shape index (κ3) is 4.07. The average molecular weight is 290 g/mol. The van der Waals surface area contributed by atoms with Gasteiger partial charge in [0.05, 0.1) is 6.61 Å². The second-order valence-electron chi connectivity index (χ2n) is 4.86. The fourth-order valence-corrected chi connectivity index (χ4v) is 2.38. The van der Waals surface area contributed by atoms with Crippen LogP contribution < -0.4 is 5.32 Å². The molecule has 1 atom stereocenters. The molecule has 0 amide bonds. The molecule has 106 valence electrons. The number of hydrogen-bond acceptors (Lipinski definition) is 2. The Kier molecular flexibility index (Phi) is 5.60. The zero-order valence-electron chi connectivity index (χ0n) is 11.9. The highest BCUT2D eigenvalue weighted by Crippen LogP contribution is 2.18. The Morgan fingerprint density at radius 2 is 1.85 bits per heavy atom. The standard InChI is InChI=1S/C17H20ClNO/c1-13(14-8-5-9-17(18)10-14)19-11-15-6-3-4-7-16(15)12-20-2/h3-10,13,19H,11-12H2,1-2H3/t13-/m1/s1. The number of nitrogens with one attached hydrogen (secondary N) is 1. The van der Waals surface area contributed by atoms with Gasteiger partial charge < -0.3 is 10.1 Å². The van der Waals surface area contributed by atoms with Gasteiger partial charge in [0.1, 0.15) is 0 Å². The molecule has 0 aliphatic carbocycles. The Morgan fingerprint density at radius 1 is 1.10 bits per heavy atom. The Morgan fingerprint density at radius 3 is 2.55 bits per heavy atom. The van der Waals surface area contributed by atoms with Crippen molar-refractivity contribution in [1.29, 1.82) is 0 Å². The van der Waals surface area contributed by atoms with Crippen molar-refractivity contribution in [3.05, 3.63) is 70.2 Å². The van der Waals surface area contributed by atoms with Crippen molar-refractivity contribution < 1.29 is 4.74 Å². The molecule has 1 N–H and O–H groups in total. The van der Waals surface area contributed by atoms with E-state index in [1.165, 1.54) is 16.7 Å². The predicted molar refractivity (Wildman–Crippen MR) is 83.9 cm³/mol. The lowest BCUT2D eigenvalue weighted by molar-refractivity contribution is 0.184. The molecule has 0 aliphatic heterocycles. The van der Waals surface area contributed by atoms with Crippen molar-refractivity contribution in [2.45, 2.75) is 26.1 Å². The molecule has 20 heavy (non-hydrogen) atoms. The highest BCUT2D eigenvalue weighted by atomic mass is 35.5. The summed E-state index contributed by atoms with van der Waals surface area (Å²) in [5.74, 6) is 0. The van der Waals surface area contributed by atoms with Crippen LogP contribution in [0.2, 0.25) is 5.02 Å². The summed E-state index contributed by atoms with van der Waals surface area (Å²) in [7, 11) is 1.72. The molecule has 0 aromatic heterocycles. The van der Waals surface area contributed by atoms with E-state index in [-0.39, 0.29) is 6.04 Å². The number of hydrogen-bond donors (Lipinski definition) is 1. The predicted octanol–water partition coefficient (Wildman–Crippen LogP) is 4.34. The molecule has 0 fully saturated rings. The summed E-state index contributed by atoms with van der Waals surface area (Å²) >= 11 is 6.03. The topological polar surface area (TPSA) is 21.3 Å². The van der Waals surface area contributed by atoms with E-state index in [1.54, 1.807) is 7.11 Å². The van der Waals surface area contributed by atoms with Crippen LogP contribution in [0.1, 0.15) is 29.7 Å². The Labute approximate surface area is 125 Å². The van der Waals surface area contributed by atoms with Crippen LogP contribution in [-0.2, 0) is 17.9 Å². The van der Waals surface area contributed by atoms with Crippen LogP contribution in [0.4, 0.5) is 0 Å². The average Bonchev–Trinajstić information content (AvgIpc) is 2.46. The third-order valence-corrected chi connectivity index (χ3v) is 3.60. The zero-order chi connectivity index (χ0) is 14.4. The summed E-state index contributed by atoms with van der Waals surface area (Å²) in [6.07, 6.45) is 0. The van der Waals surface area contributed by atoms with Crippen LogP contribution in [-0.4, -0.2) is 7.11 Å². The van der Waals surface area contributed by atoms with Crippen LogP contribution in [0.25, 0.3) is 0 Å². The van der Waals surface area contributed by atoms with Gasteiger partial charge in [0.15, 0.2) is 0 Å². The van der Waals surface area contributed by atoms with E-state index in [2.05, 4.69) is 36.5 Å². The first-order valence-electron chi connectivity index (χ1n) is 6.75. The molecule has 0 bridgehead atoms. The molecule has 2 aromatic carbocycles. The number of methoxy groups -OCH3 is 1. The van der Waals surface area contributed by atoms with E-state index in [4.69, 9.17) is 16.3 Å². The van der Waals surface area contributed by atoms with Crippen molar-refractivity contribution in [2.75, 3.05) is 7.11 Å². The van der Waals surface area contributed by atoms with Gasteiger partial charge in [0.2, 0.25) is 0 Å². The Hall–Kier alpha value is -1.35. The van der Waals surface area contributed by atoms with Gasteiger partial charge in [-0.2, -0.15) is 0 Å². The highest BCUT2D eigenvalue weighted by Gasteiger charge is 2.07. The maximum Gasteiger partial charge on any atom is 0.0716 e. The summed E-state index contributed by atoms with van der Waals surface area (Å²) in [5.41, 5.74) is 3.69. The van der Waals surface area contributed by atoms with Crippen LogP contribution in [0.3, 0.4) is 0 Å². The second-order valence-corrected chi connectivity index (χ2v) is 5.30. The maximum atomic E-state index is 6.03. The normalized spacial score (nSPS) is 12.3. The third-order valence-electron chi connectivity index (χ3n) is 3.37. The van der Waals surface area contributed by atoms with E-state index in [9.17, 15) is 0 Å². The maximum absolute atomic E-state index is 6.03. The van der Waals surface area contributed by atoms with E-state index in [1.807, 2.05) is 24.3 Å². The van der Waals surface area contributed by atoms with Crippen molar-refractivity contribution in [3.8, 4) is 0 Å². The molecule has 0 saturated heterocycles. The lowest BCUT2D eigenvalue weighted by atomic mass is 10.1. The summed E-state index contributed by atoms with van der Waals surface area (Å²) < 4.78 is 5.23. The molecule has 0 radical (unpaired) electrons. The molecular weight excluding hydrogens is 270 g/mol. The van der Waals surface area contributed by atoms with Gasteiger partial charge in [0, 0.05) is 24.7 Å². The van der Waals surface area contributed by atoms with Gasteiger partial charge in [-0.1, -0.05) is 48.0 Å². The Bertz CT molecular complexity index is 556. The SMILES string of the molecule is COCc1ccccc1CN[C@H](C)c1cccc(Cl)c1. The van der Waals surface area contributed by atoms with E-state index < -0.39 is 0 Å². The molecule has 2 aromatic rings. The lowest BCUT2D eigenvalue weighted by Crippen LogP contribution is -2.19. The van der Waals surface area contributed by atoms with Crippen molar-refractivity contribution in [3.63, 3.8) is 0 Å². The van der Waals surface area contributed by atoms with Gasteiger partial charge in [-0.15, -0.1) is 0 Å². The monoisotopic (exact) mass is 289 g/mol. The largest absolute Gasteiger partial charge is 0.380 e. The number of ether oxygens (including phenoxy) is 1. The fraction of sp³-hybridized carbons (Fsp3) is 0.294. The van der Waals surface area contributed by atoms with E-state index in [0.717, 1.165) is 11.6 Å². The second kappa shape index (κ2) is 7.44. The van der Waals surface area contributed by atoms with Gasteiger partial charge in [0.25, 0.3) is 0 Å². The molecule has 3 heteroatoms. The van der Waals surface area contributed by atoms with Crippen LogP contribution >= 0.6 is 11.6 Å². The van der Waals surface area contributed by atoms with Gasteiger partial charge in [-0.05, 0) is 35.7 Å². The first-order chi connectivity index (χ1) is 9.70. The van der Waals surface area contributed by atoms with E-state index in [0.29, 0.717) is 6.61 Å². The number of halogens is 1. The highest BCUT2D eigenvalue weighted by molar-refractivity contribution is 6.30. The molecule has 0 spiro atoms. The number of benzene rings is 2. The van der Waals surface area contributed by atoms with Gasteiger partial charge >= 0.3 is 0 Å². The molecule has 0 saturated carbocycles. The lowest BCUT2D eigenvalue weighted by Gasteiger charge is -2.16. The van der Waals surface area contributed by atoms with Gasteiger partial charge in [-0.3, -0.25) is 0 Å². The van der Waals surface area contributed by atoms with Gasteiger partial charge in [-0.25, -0.2) is 0 Å². The summed E-state index contributed by atoms with van der Waals surface area (Å²) in [5, 5.41) is 4.30. The minimum Gasteiger partial charge on any atom is -0.380 e. The summed E-state index contributed by atoms with van der Waals surface area (Å²) in [6, 6.07) is 16.5. The minimum absolute atomic E-state index is 0.254. The molecular formula is C17H20ClNO. The zero-order valence-corrected chi connectivity index (χ0v) is 12.7. The molecule has 2 rings (SSSR count). The Balaban J connectivity index is 2.01. The summed E-state index contributed by atoms with van der Waals surface area (Å²) in [6.45, 7) is 3.60. The van der Waals surface area contributed by atoms with Crippen LogP contribution in [0.15, 0.2) is 48.5 Å². The molecule has 0 heterocycles. The van der Waals surface area contributed by atoms with Crippen molar-refractivity contribution >= 4 is 11.6 Å². The molecule has 0 unspecified atom stereocenters. The van der Waals surface area contributed by atoms with E-state index >= 15 is 0 Å². The number of rotatable bonds is 6. The first-order valence-corrected chi connectivity index (χ1v) is 7.13. The first kappa shape index (κ1) is 15.0.